The zero-order chi connectivity index (χ0) is 13.9. The Morgan fingerprint density at radius 1 is 1.20 bits per heavy atom. The van der Waals surface area contributed by atoms with E-state index in [0.29, 0.717) is 6.54 Å². The highest BCUT2D eigenvalue weighted by atomic mass is 32.1. The largest absolute Gasteiger partial charge is 0.368 e. The van der Waals surface area contributed by atoms with E-state index >= 15 is 0 Å². The second-order valence-electron chi connectivity index (χ2n) is 5.13. The Labute approximate surface area is 123 Å². The highest BCUT2D eigenvalue weighted by molar-refractivity contribution is 7.13. The van der Waals surface area contributed by atoms with Gasteiger partial charge in [-0.05, 0) is 18.6 Å². The van der Waals surface area contributed by atoms with Crippen LogP contribution in [-0.2, 0) is 6.54 Å². The quantitative estimate of drug-likeness (QED) is 0.941. The minimum atomic E-state index is 0.601. The molecule has 1 fully saturated rings. The van der Waals surface area contributed by atoms with Crippen molar-refractivity contribution >= 4 is 22.2 Å². The third kappa shape index (κ3) is 2.64. The fourth-order valence-corrected chi connectivity index (χ4v) is 3.39. The lowest BCUT2D eigenvalue weighted by Crippen LogP contribution is -2.46. The van der Waals surface area contributed by atoms with Crippen LogP contribution in [-0.4, -0.2) is 31.2 Å². The Kier molecular flexibility index (Phi) is 3.89. The number of piperazine rings is 1. The van der Waals surface area contributed by atoms with E-state index < -0.39 is 0 Å². The summed E-state index contributed by atoms with van der Waals surface area (Å²) in [4.78, 5) is 9.18. The van der Waals surface area contributed by atoms with E-state index in [9.17, 15) is 0 Å². The van der Waals surface area contributed by atoms with Gasteiger partial charge in [0, 0.05) is 50.0 Å². The van der Waals surface area contributed by atoms with Crippen LogP contribution in [0.2, 0.25) is 0 Å². The van der Waals surface area contributed by atoms with E-state index in [0.717, 1.165) is 31.3 Å². The van der Waals surface area contributed by atoms with Crippen molar-refractivity contribution in [3.8, 4) is 0 Å². The Morgan fingerprint density at radius 2 is 1.95 bits per heavy atom. The SMILES string of the molecule is Cc1ccc(N2CCN(c3nccs3)CC2)c(CN)c1. The number of nitrogens with two attached hydrogens (primary N) is 1. The Hall–Kier alpha value is -1.59. The molecular formula is C15H20N4S. The number of anilines is 2. The van der Waals surface area contributed by atoms with Gasteiger partial charge in [-0.2, -0.15) is 0 Å². The molecule has 1 aromatic carbocycles. The van der Waals surface area contributed by atoms with Crippen LogP contribution in [0.25, 0.3) is 0 Å². The molecule has 0 bridgehead atoms. The highest BCUT2D eigenvalue weighted by Crippen LogP contribution is 2.25. The molecule has 2 heterocycles. The Morgan fingerprint density at radius 3 is 2.60 bits per heavy atom. The van der Waals surface area contributed by atoms with Crippen molar-refractivity contribution in [2.24, 2.45) is 5.73 Å². The van der Waals surface area contributed by atoms with Gasteiger partial charge in [0.1, 0.15) is 0 Å². The van der Waals surface area contributed by atoms with Crippen molar-refractivity contribution in [2.45, 2.75) is 13.5 Å². The molecule has 5 heteroatoms. The molecule has 4 nitrogen and oxygen atoms in total. The molecule has 0 aliphatic carbocycles. The molecule has 1 aromatic heterocycles. The van der Waals surface area contributed by atoms with Crippen LogP contribution in [0.1, 0.15) is 11.1 Å². The lowest BCUT2D eigenvalue weighted by Gasteiger charge is -2.37. The van der Waals surface area contributed by atoms with Gasteiger partial charge in [-0.3, -0.25) is 0 Å². The molecule has 1 aliphatic heterocycles. The van der Waals surface area contributed by atoms with Gasteiger partial charge in [0.25, 0.3) is 0 Å². The first-order valence-corrected chi connectivity index (χ1v) is 7.85. The van der Waals surface area contributed by atoms with Crippen LogP contribution in [0.4, 0.5) is 10.8 Å². The van der Waals surface area contributed by atoms with Crippen molar-refractivity contribution in [2.75, 3.05) is 36.0 Å². The number of nitrogens with zero attached hydrogens (tertiary/aromatic N) is 3. The maximum atomic E-state index is 5.89. The molecule has 0 saturated carbocycles. The molecule has 20 heavy (non-hydrogen) atoms. The van der Waals surface area contributed by atoms with Crippen LogP contribution in [0.15, 0.2) is 29.8 Å². The zero-order valence-corrected chi connectivity index (χ0v) is 12.6. The number of thiazole rings is 1. The average molecular weight is 288 g/mol. The van der Waals surface area contributed by atoms with Gasteiger partial charge in [-0.25, -0.2) is 4.98 Å². The number of rotatable bonds is 3. The Balaban J connectivity index is 1.72. The topological polar surface area (TPSA) is 45.4 Å². The van der Waals surface area contributed by atoms with Crippen LogP contribution in [0, 0.1) is 6.92 Å². The first-order chi connectivity index (χ1) is 9.78. The fourth-order valence-electron chi connectivity index (χ4n) is 2.70. The van der Waals surface area contributed by atoms with Gasteiger partial charge >= 0.3 is 0 Å². The van der Waals surface area contributed by atoms with Gasteiger partial charge in [-0.1, -0.05) is 17.7 Å². The van der Waals surface area contributed by atoms with Gasteiger partial charge in [0.15, 0.2) is 5.13 Å². The van der Waals surface area contributed by atoms with E-state index in [1.165, 1.54) is 16.8 Å². The monoisotopic (exact) mass is 288 g/mol. The minimum Gasteiger partial charge on any atom is -0.368 e. The second-order valence-corrected chi connectivity index (χ2v) is 6.00. The molecule has 1 saturated heterocycles. The summed E-state index contributed by atoms with van der Waals surface area (Å²) in [7, 11) is 0. The summed E-state index contributed by atoms with van der Waals surface area (Å²) in [6.45, 7) is 6.80. The van der Waals surface area contributed by atoms with Crippen LogP contribution < -0.4 is 15.5 Å². The summed E-state index contributed by atoms with van der Waals surface area (Å²) in [5.41, 5.74) is 9.69. The van der Waals surface area contributed by atoms with Gasteiger partial charge < -0.3 is 15.5 Å². The predicted octanol–water partition coefficient (Wildman–Crippen LogP) is 2.24. The summed E-state index contributed by atoms with van der Waals surface area (Å²) < 4.78 is 0. The van der Waals surface area contributed by atoms with Crippen molar-refractivity contribution in [3.63, 3.8) is 0 Å². The second kappa shape index (κ2) is 5.81. The molecule has 0 atom stereocenters. The summed E-state index contributed by atoms with van der Waals surface area (Å²) in [6.07, 6.45) is 1.87. The third-order valence-corrected chi connectivity index (χ3v) is 4.60. The summed E-state index contributed by atoms with van der Waals surface area (Å²) in [5, 5.41) is 3.17. The Bertz CT molecular complexity index is 559. The van der Waals surface area contributed by atoms with Crippen LogP contribution >= 0.6 is 11.3 Å². The third-order valence-electron chi connectivity index (χ3n) is 3.77. The molecule has 2 N–H and O–H groups in total. The number of aryl methyl sites for hydroxylation is 1. The predicted molar refractivity (Wildman–Crippen MR) is 85.6 cm³/mol. The number of hydrogen-bond acceptors (Lipinski definition) is 5. The molecule has 0 spiro atoms. The minimum absolute atomic E-state index is 0.601. The summed E-state index contributed by atoms with van der Waals surface area (Å²) >= 11 is 1.71. The molecule has 0 radical (unpaired) electrons. The fraction of sp³-hybridized carbons (Fsp3) is 0.400. The molecular weight excluding hydrogens is 268 g/mol. The van der Waals surface area contributed by atoms with Crippen molar-refractivity contribution < 1.29 is 0 Å². The molecule has 3 rings (SSSR count). The summed E-state index contributed by atoms with van der Waals surface area (Å²) in [5.74, 6) is 0. The molecule has 0 amide bonds. The first-order valence-electron chi connectivity index (χ1n) is 6.97. The maximum Gasteiger partial charge on any atom is 0.185 e. The van der Waals surface area contributed by atoms with Gasteiger partial charge in [0.05, 0.1) is 0 Å². The van der Waals surface area contributed by atoms with Crippen LogP contribution in [0.5, 0.6) is 0 Å². The average Bonchev–Trinajstić information content (AvgIpc) is 3.01. The first kappa shape index (κ1) is 13.4. The molecule has 2 aromatic rings. The zero-order valence-electron chi connectivity index (χ0n) is 11.7. The molecule has 1 aliphatic rings. The smallest absolute Gasteiger partial charge is 0.185 e. The van der Waals surface area contributed by atoms with Gasteiger partial charge in [0.2, 0.25) is 0 Å². The summed E-state index contributed by atoms with van der Waals surface area (Å²) in [6, 6.07) is 6.57. The van der Waals surface area contributed by atoms with Crippen LogP contribution in [0.3, 0.4) is 0 Å². The normalized spacial score (nSPS) is 15.7. The standard InChI is InChI=1S/C15H20N4S/c1-12-2-3-14(13(10-12)11-16)18-5-7-19(8-6-18)15-17-4-9-20-15/h2-4,9-10H,5-8,11,16H2,1H3. The number of aromatic nitrogens is 1. The highest BCUT2D eigenvalue weighted by Gasteiger charge is 2.20. The molecule has 0 unspecified atom stereocenters. The maximum absolute atomic E-state index is 5.89. The van der Waals surface area contributed by atoms with E-state index in [-0.39, 0.29) is 0 Å². The van der Waals surface area contributed by atoms with Gasteiger partial charge in [-0.15, -0.1) is 11.3 Å². The van der Waals surface area contributed by atoms with E-state index in [2.05, 4.69) is 39.9 Å². The lowest BCUT2D eigenvalue weighted by molar-refractivity contribution is 0.649. The van der Waals surface area contributed by atoms with E-state index in [1.807, 2.05) is 11.6 Å². The molecule has 106 valence electrons. The lowest BCUT2D eigenvalue weighted by atomic mass is 10.1. The number of benzene rings is 1. The van der Waals surface area contributed by atoms with Crippen molar-refractivity contribution in [3.05, 3.63) is 40.9 Å². The van der Waals surface area contributed by atoms with Crippen molar-refractivity contribution in [1.82, 2.24) is 4.98 Å². The van der Waals surface area contributed by atoms with E-state index in [1.54, 1.807) is 11.3 Å². The van der Waals surface area contributed by atoms with E-state index in [4.69, 9.17) is 5.73 Å². The van der Waals surface area contributed by atoms with Crippen molar-refractivity contribution in [1.29, 1.82) is 0 Å². The number of hydrogen-bond donors (Lipinski definition) is 1.